The van der Waals surface area contributed by atoms with Gasteiger partial charge in [-0.1, -0.05) is 11.3 Å². The van der Waals surface area contributed by atoms with E-state index in [9.17, 15) is 9.59 Å². The summed E-state index contributed by atoms with van der Waals surface area (Å²) >= 11 is 1.31. The Kier molecular flexibility index (Phi) is 5.59. The first-order valence-corrected chi connectivity index (χ1v) is 11.4. The number of carbonyl (C=O) groups excluding carboxylic acids is 2. The smallest absolute Gasteiger partial charge is 0.254 e. The first-order valence-electron chi connectivity index (χ1n) is 10.6. The second-order valence-electron chi connectivity index (χ2n) is 8.07. The number of hydrogen-bond acceptors (Lipinski definition) is 8. The molecule has 0 spiro atoms. The maximum atomic E-state index is 13.1. The van der Waals surface area contributed by atoms with E-state index in [1.54, 1.807) is 23.1 Å². The van der Waals surface area contributed by atoms with E-state index >= 15 is 0 Å². The molecule has 9 nitrogen and oxygen atoms in total. The molecule has 170 valence electrons. The molecule has 10 heteroatoms. The van der Waals surface area contributed by atoms with E-state index in [0.29, 0.717) is 35.2 Å². The van der Waals surface area contributed by atoms with Crippen LogP contribution in [0.5, 0.6) is 11.5 Å². The third kappa shape index (κ3) is 4.21. The summed E-state index contributed by atoms with van der Waals surface area (Å²) in [6.07, 6.45) is 1.35. The lowest BCUT2D eigenvalue weighted by Crippen LogP contribution is -2.43. The topological polar surface area (TPSA) is 96.9 Å². The molecule has 1 saturated heterocycles. The molecule has 2 aliphatic rings. The Labute approximate surface area is 194 Å². The third-order valence-electron chi connectivity index (χ3n) is 5.72. The lowest BCUT2D eigenvalue weighted by molar-refractivity contribution is -0.119. The number of rotatable bonds is 5. The van der Waals surface area contributed by atoms with Crippen molar-refractivity contribution in [2.24, 2.45) is 0 Å². The van der Waals surface area contributed by atoms with Crippen molar-refractivity contribution in [3.8, 4) is 22.1 Å². The number of ether oxygens (including phenoxy) is 2. The number of fused-ring (bicyclic) bond motifs is 1. The molecule has 3 aromatic rings. The van der Waals surface area contributed by atoms with Gasteiger partial charge < -0.3 is 19.3 Å². The lowest BCUT2D eigenvalue weighted by Gasteiger charge is -2.23. The summed E-state index contributed by atoms with van der Waals surface area (Å²) in [4.78, 5) is 29.7. The van der Waals surface area contributed by atoms with Crippen LogP contribution < -0.4 is 19.7 Å². The fourth-order valence-corrected chi connectivity index (χ4v) is 4.71. The summed E-state index contributed by atoms with van der Waals surface area (Å²) in [5.74, 6) is 0.698. The Morgan fingerprint density at radius 1 is 1.09 bits per heavy atom. The Bertz CT molecular complexity index is 1190. The molecule has 0 saturated carbocycles. The Balaban J connectivity index is 1.27. The monoisotopic (exact) mass is 465 g/mol. The van der Waals surface area contributed by atoms with Crippen LogP contribution in [0.3, 0.4) is 0 Å². The number of nitrogens with one attached hydrogen (secondary N) is 1. The van der Waals surface area contributed by atoms with Gasteiger partial charge in [0.15, 0.2) is 11.5 Å². The van der Waals surface area contributed by atoms with Crippen LogP contribution in [0.1, 0.15) is 23.2 Å². The van der Waals surface area contributed by atoms with Gasteiger partial charge in [-0.2, -0.15) is 0 Å². The first kappa shape index (κ1) is 21.2. The summed E-state index contributed by atoms with van der Waals surface area (Å²) in [7, 11) is 3.97. The normalized spacial score (nSPS) is 16.7. The summed E-state index contributed by atoms with van der Waals surface area (Å²) in [5.41, 5.74) is 2.49. The van der Waals surface area contributed by atoms with Crippen molar-refractivity contribution in [2.45, 2.75) is 18.9 Å². The van der Waals surface area contributed by atoms with Gasteiger partial charge in [-0.05, 0) is 55.3 Å². The number of amides is 2. The number of carbonyl (C=O) groups is 2. The molecule has 3 heterocycles. The highest BCUT2D eigenvalue weighted by atomic mass is 32.1. The predicted molar refractivity (Wildman–Crippen MR) is 125 cm³/mol. The van der Waals surface area contributed by atoms with Crippen LogP contribution in [0, 0.1) is 0 Å². The van der Waals surface area contributed by atoms with Crippen molar-refractivity contribution >= 4 is 34.0 Å². The second-order valence-corrected chi connectivity index (χ2v) is 9.05. The maximum Gasteiger partial charge on any atom is 0.254 e. The van der Waals surface area contributed by atoms with E-state index in [4.69, 9.17) is 9.47 Å². The average Bonchev–Trinajstić information content (AvgIpc) is 3.58. The molecule has 1 unspecified atom stereocenters. The lowest BCUT2D eigenvalue weighted by atomic mass is 10.1. The fourth-order valence-electron chi connectivity index (χ4n) is 3.96. The molecule has 33 heavy (non-hydrogen) atoms. The molecule has 1 N–H and O–H groups in total. The molecule has 0 aliphatic carbocycles. The van der Waals surface area contributed by atoms with Crippen molar-refractivity contribution < 1.29 is 19.1 Å². The number of benzene rings is 2. The fraction of sp³-hybridized carbons (Fsp3) is 0.304. The highest BCUT2D eigenvalue weighted by Crippen LogP contribution is 2.34. The zero-order chi connectivity index (χ0) is 22.9. The van der Waals surface area contributed by atoms with E-state index < -0.39 is 6.04 Å². The molecular weight excluding hydrogens is 442 g/mol. The van der Waals surface area contributed by atoms with Crippen LogP contribution in [0.15, 0.2) is 42.5 Å². The van der Waals surface area contributed by atoms with Crippen LogP contribution in [0.2, 0.25) is 0 Å². The molecule has 2 amide bonds. The standard InChI is InChI=1S/C23H23N5O4S/c1-27(2)16-8-5-14(6-9-16)21-25-26-23(33-21)24-20(29)17-4-3-11-28(17)22(30)15-7-10-18-19(12-15)32-13-31-18/h5-10,12,17H,3-4,11,13H2,1-2H3,(H,24,26,29). The van der Waals surface area contributed by atoms with Crippen LogP contribution in [-0.2, 0) is 4.79 Å². The van der Waals surface area contributed by atoms with Crippen molar-refractivity contribution in [1.82, 2.24) is 15.1 Å². The number of aromatic nitrogens is 2. The average molecular weight is 466 g/mol. The van der Waals surface area contributed by atoms with Gasteiger partial charge in [0.05, 0.1) is 0 Å². The third-order valence-corrected chi connectivity index (χ3v) is 6.61. The molecule has 2 aliphatic heterocycles. The maximum absolute atomic E-state index is 13.1. The second kappa shape index (κ2) is 8.70. The molecule has 1 aromatic heterocycles. The van der Waals surface area contributed by atoms with Gasteiger partial charge in [0.2, 0.25) is 17.8 Å². The number of anilines is 2. The van der Waals surface area contributed by atoms with Crippen molar-refractivity contribution in [3.05, 3.63) is 48.0 Å². The van der Waals surface area contributed by atoms with Gasteiger partial charge in [-0.3, -0.25) is 14.9 Å². The quantitative estimate of drug-likeness (QED) is 0.618. The first-order chi connectivity index (χ1) is 16.0. The molecule has 0 bridgehead atoms. The van der Waals surface area contributed by atoms with E-state index in [2.05, 4.69) is 15.5 Å². The number of nitrogens with zero attached hydrogens (tertiary/aromatic N) is 4. The zero-order valence-corrected chi connectivity index (χ0v) is 19.1. The molecule has 1 fully saturated rings. The molecule has 1 atom stereocenters. The van der Waals surface area contributed by atoms with Crippen LogP contribution >= 0.6 is 11.3 Å². The zero-order valence-electron chi connectivity index (χ0n) is 18.3. The molecular formula is C23H23N5O4S. The van der Waals surface area contributed by atoms with E-state index in [1.165, 1.54) is 11.3 Å². The number of hydrogen-bond donors (Lipinski definition) is 1. The minimum Gasteiger partial charge on any atom is -0.454 e. The van der Waals surface area contributed by atoms with Gasteiger partial charge in [-0.15, -0.1) is 10.2 Å². The van der Waals surface area contributed by atoms with Crippen molar-refractivity contribution in [2.75, 3.05) is 37.6 Å². The summed E-state index contributed by atoms with van der Waals surface area (Å²) in [6.45, 7) is 0.663. The van der Waals surface area contributed by atoms with Crippen molar-refractivity contribution in [3.63, 3.8) is 0 Å². The summed E-state index contributed by atoms with van der Waals surface area (Å²) < 4.78 is 10.7. The minimum atomic E-state index is -0.561. The Morgan fingerprint density at radius 2 is 1.88 bits per heavy atom. The van der Waals surface area contributed by atoms with Crippen LogP contribution in [0.4, 0.5) is 10.8 Å². The van der Waals surface area contributed by atoms with E-state index in [-0.39, 0.29) is 18.6 Å². The Hall–Kier alpha value is -3.66. The summed E-state index contributed by atoms with van der Waals surface area (Å²) in [6, 6.07) is 12.5. The predicted octanol–water partition coefficient (Wildman–Crippen LogP) is 3.24. The summed E-state index contributed by atoms with van der Waals surface area (Å²) in [5, 5.41) is 12.3. The SMILES string of the molecule is CN(C)c1ccc(-c2nnc(NC(=O)C3CCCN3C(=O)c3ccc4c(c3)OCO4)s2)cc1. The molecule has 5 rings (SSSR count). The number of likely N-dealkylation sites (tertiary alicyclic amines) is 1. The largest absolute Gasteiger partial charge is 0.454 e. The van der Waals surface area contributed by atoms with Gasteiger partial charge in [0, 0.05) is 37.5 Å². The molecule has 2 aromatic carbocycles. The Morgan fingerprint density at radius 3 is 2.67 bits per heavy atom. The molecule has 0 radical (unpaired) electrons. The highest BCUT2D eigenvalue weighted by Gasteiger charge is 2.35. The highest BCUT2D eigenvalue weighted by molar-refractivity contribution is 7.18. The van der Waals surface area contributed by atoms with E-state index in [1.807, 2.05) is 43.3 Å². The van der Waals surface area contributed by atoms with Crippen LogP contribution in [0.25, 0.3) is 10.6 Å². The van der Waals surface area contributed by atoms with Gasteiger partial charge in [-0.25, -0.2) is 0 Å². The van der Waals surface area contributed by atoms with Crippen LogP contribution in [-0.4, -0.2) is 60.4 Å². The van der Waals surface area contributed by atoms with E-state index in [0.717, 1.165) is 22.7 Å². The van der Waals surface area contributed by atoms with Crippen molar-refractivity contribution in [1.29, 1.82) is 0 Å². The van der Waals surface area contributed by atoms with Gasteiger partial charge in [0.25, 0.3) is 5.91 Å². The minimum absolute atomic E-state index is 0.144. The van der Waals surface area contributed by atoms with Gasteiger partial charge in [0.1, 0.15) is 11.0 Å². The van der Waals surface area contributed by atoms with Gasteiger partial charge >= 0.3 is 0 Å².